The smallest absolute Gasteiger partial charge is 0.108 e. The Kier molecular flexibility index (Phi) is 4.66. The van der Waals surface area contributed by atoms with Crippen molar-refractivity contribution in [1.29, 1.82) is 0 Å². The first-order valence-electron chi connectivity index (χ1n) is 5.45. The van der Waals surface area contributed by atoms with Crippen LogP contribution in [0.5, 0.6) is 0 Å². The second-order valence-electron chi connectivity index (χ2n) is 3.72. The summed E-state index contributed by atoms with van der Waals surface area (Å²) in [5.74, 6) is 1.20. The molecule has 1 rings (SSSR count). The molecule has 0 spiro atoms. The number of hydrogen-bond acceptors (Lipinski definition) is 2. The maximum atomic E-state index is 4.30. The number of nitrogens with one attached hydrogen (secondary N) is 1. The lowest BCUT2D eigenvalue weighted by atomic mass is 10.2. The average molecular weight is 195 g/mol. The van der Waals surface area contributed by atoms with Gasteiger partial charge in [0.25, 0.3) is 0 Å². The predicted molar refractivity (Wildman–Crippen MR) is 59.4 cm³/mol. The standard InChI is InChI=1S/C11H21N3/c1-4-11-13-7-9-14(11)8-5-6-10(2)12-3/h7,9-10,12H,4-6,8H2,1-3H3. The van der Waals surface area contributed by atoms with Crippen molar-refractivity contribution < 1.29 is 0 Å². The summed E-state index contributed by atoms with van der Waals surface area (Å²) in [6.45, 7) is 5.46. The molecule has 14 heavy (non-hydrogen) atoms. The van der Waals surface area contributed by atoms with Crippen LogP contribution < -0.4 is 5.32 Å². The molecule has 1 heterocycles. The molecule has 0 saturated heterocycles. The van der Waals surface area contributed by atoms with Crippen molar-refractivity contribution in [2.45, 2.75) is 45.7 Å². The van der Waals surface area contributed by atoms with Gasteiger partial charge in [0.2, 0.25) is 0 Å². The molecule has 3 nitrogen and oxygen atoms in total. The predicted octanol–water partition coefficient (Wildman–Crippen LogP) is 1.83. The molecule has 1 atom stereocenters. The van der Waals surface area contributed by atoms with Crippen molar-refractivity contribution in [3.8, 4) is 0 Å². The van der Waals surface area contributed by atoms with Gasteiger partial charge in [-0.05, 0) is 26.8 Å². The third-order valence-electron chi connectivity index (χ3n) is 2.65. The minimum Gasteiger partial charge on any atom is -0.335 e. The first-order valence-corrected chi connectivity index (χ1v) is 5.45. The molecule has 80 valence electrons. The summed E-state index contributed by atoms with van der Waals surface area (Å²) in [6.07, 6.45) is 7.42. The Hall–Kier alpha value is -0.830. The van der Waals surface area contributed by atoms with E-state index in [0.29, 0.717) is 6.04 Å². The Labute approximate surface area is 86.5 Å². The van der Waals surface area contributed by atoms with E-state index >= 15 is 0 Å². The second kappa shape index (κ2) is 5.81. The van der Waals surface area contributed by atoms with E-state index in [0.717, 1.165) is 13.0 Å². The van der Waals surface area contributed by atoms with Crippen molar-refractivity contribution in [2.75, 3.05) is 7.05 Å². The topological polar surface area (TPSA) is 29.9 Å². The molecule has 0 fully saturated rings. The summed E-state index contributed by atoms with van der Waals surface area (Å²) >= 11 is 0. The van der Waals surface area contributed by atoms with Crippen molar-refractivity contribution in [3.05, 3.63) is 18.2 Å². The highest BCUT2D eigenvalue weighted by Crippen LogP contribution is 2.03. The van der Waals surface area contributed by atoms with Gasteiger partial charge in [0.15, 0.2) is 0 Å². The molecule has 0 aliphatic heterocycles. The van der Waals surface area contributed by atoms with E-state index in [1.807, 2.05) is 13.2 Å². The molecule has 0 aliphatic rings. The van der Waals surface area contributed by atoms with Gasteiger partial charge in [-0.1, -0.05) is 6.92 Å². The molecule has 1 aromatic rings. The van der Waals surface area contributed by atoms with Crippen LogP contribution >= 0.6 is 0 Å². The van der Waals surface area contributed by atoms with Crippen LogP contribution in [0.3, 0.4) is 0 Å². The van der Waals surface area contributed by atoms with Crippen molar-refractivity contribution in [3.63, 3.8) is 0 Å². The molecule has 1 unspecified atom stereocenters. The minimum absolute atomic E-state index is 0.614. The van der Waals surface area contributed by atoms with Gasteiger partial charge in [0, 0.05) is 31.4 Å². The third kappa shape index (κ3) is 3.14. The van der Waals surface area contributed by atoms with Crippen LogP contribution in [0.2, 0.25) is 0 Å². The molecule has 0 aromatic carbocycles. The minimum atomic E-state index is 0.614. The van der Waals surface area contributed by atoms with E-state index in [9.17, 15) is 0 Å². The average Bonchev–Trinajstić information content (AvgIpc) is 2.65. The van der Waals surface area contributed by atoms with Crippen LogP contribution in [0.1, 0.15) is 32.5 Å². The maximum Gasteiger partial charge on any atom is 0.108 e. The summed E-state index contributed by atoms with van der Waals surface area (Å²) in [7, 11) is 2.01. The van der Waals surface area contributed by atoms with Gasteiger partial charge in [0.1, 0.15) is 5.82 Å². The fourth-order valence-corrected chi connectivity index (χ4v) is 1.57. The Bertz CT molecular complexity index is 255. The summed E-state index contributed by atoms with van der Waals surface area (Å²) < 4.78 is 2.25. The third-order valence-corrected chi connectivity index (χ3v) is 2.65. The molecular weight excluding hydrogens is 174 g/mol. The van der Waals surface area contributed by atoms with Gasteiger partial charge in [0.05, 0.1) is 0 Å². The monoisotopic (exact) mass is 195 g/mol. The van der Waals surface area contributed by atoms with Crippen LogP contribution in [-0.2, 0) is 13.0 Å². The largest absolute Gasteiger partial charge is 0.335 e. The van der Waals surface area contributed by atoms with E-state index < -0.39 is 0 Å². The highest BCUT2D eigenvalue weighted by atomic mass is 15.1. The molecule has 3 heteroatoms. The summed E-state index contributed by atoms with van der Waals surface area (Å²) in [6, 6.07) is 0.614. The highest BCUT2D eigenvalue weighted by Gasteiger charge is 2.01. The van der Waals surface area contributed by atoms with Gasteiger partial charge >= 0.3 is 0 Å². The number of nitrogens with zero attached hydrogens (tertiary/aromatic N) is 2. The fourth-order valence-electron chi connectivity index (χ4n) is 1.57. The van der Waals surface area contributed by atoms with Gasteiger partial charge in [-0.25, -0.2) is 4.98 Å². The van der Waals surface area contributed by atoms with E-state index in [4.69, 9.17) is 0 Å². The van der Waals surface area contributed by atoms with Crippen molar-refractivity contribution in [1.82, 2.24) is 14.9 Å². The SMILES string of the molecule is CCc1nccn1CCCC(C)NC. The Morgan fingerprint density at radius 2 is 2.36 bits per heavy atom. The number of hydrogen-bond donors (Lipinski definition) is 1. The lowest BCUT2D eigenvalue weighted by Crippen LogP contribution is -2.21. The van der Waals surface area contributed by atoms with Crippen LogP contribution in [0.15, 0.2) is 12.4 Å². The van der Waals surface area contributed by atoms with E-state index in [1.165, 1.54) is 18.7 Å². The van der Waals surface area contributed by atoms with Crippen molar-refractivity contribution >= 4 is 0 Å². The number of rotatable bonds is 6. The van der Waals surface area contributed by atoms with Crippen LogP contribution in [0, 0.1) is 0 Å². The molecule has 0 saturated carbocycles. The molecule has 0 aliphatic carbocycles. The maximum absolute atomic E-state index is 4.30. The second-order valence-corrected chi connectivity index (χ2v) is 3.72. The Balaban J connectivity index is 2.31. The molecular formula is C11H21N3. The van der Waals surface area contributed by atoms with Gasteiger partial charge < -0.3 is 9.88 Å². The van der Waals surface area contributed by atoms with E-state index in [2.05, 4.69) is 34.9 Å². The number of aryl methyl sites for hydroxylation is 2. The van der Waals surface area contributed by atoms with E-state index in [1.54, 1.807) is 0 Å². The van der Waals surface area contributed by atoms with Gasteiger partial charge in [-0.15, -0.1) is 0 Å². The first kappa shape index (κ1) is 11.2. The fraction of sp³-hybridized carbons (Fsp3) is 0.727. The van der Waals surface area contributed by atoms with Gasteiger partial charge in [-0.3, -0.25) is 0 Å². The van der Waals surface area contributed by atoms with Crippen LogP contribution in [0.4, 0.5) is 0 Å². The van der Waals surface area contributed by atoms with E-state index in [-0.39, 0.29) is 0 Å². The molecule has 0 radical (unpaired) electrons. The lowest BCUT2D eigenvalue weighted by Gasteiger charge is -2.10. The van der Waals surface area contributed by atoms with Crippen LogP contribution in [0.25, 0.3) is 0 Å². The number of imidazole rings is 1. The van der Waals surface area contributed by atoms with Gasteiger partial charge in [-0.2, -0.15) is 0 Å². The molecule has 0 bridgehead atoms. The summed E-state index contributed by atoms with van der Waals surface area (Å²) in [5, 5.41) is 3.25. The zero-order valence-electron chi connectivity index (χ0n) is 9.45. The highest BCUT2D eigenvalue weighted by molar-refractivity contribution is 4.91. The summed E-state index contributed by atoms with van der Waals surface area (Å²) in [4.78, 5) is 4.30. The van der Waals surface area contributed by atoms with Crippen molar-refractivity contribution in [2.24, 2.45) is 0 Å². The van der Waals surface area contributed by atoms with Crippen LogP contribution in [-0.4, -0.2) is 22.6 Å². The zero-order chi connectivity index (χ0) is 10.4. The normalized spacial score (nSPS) is 13.1. The molecule has 1 N–H and O–H groups in total. The Morgan fingerprint density at radius 1 is 1.57 bits per heavy atom. The molecule has 1 aromatic heterocycles. The zero-order valence-corrected chi connectivity index (χ0v) is 9.45. The first-order chi connectivity index (χ1) is 6.77. The quantitative estimate of drug-likeness (QED) is 0.750. The summed E-state index contributed by atoms with van der Waals surface area (Å²) in [5.41, 5.74) is 0. The lowest BCUT2D eigenvalue weighted by molar-refractivity contribution is 0.501. The molecule has 0 amide bonds. The number of aromatic nitrogens is 2. The Morgan fingerprint density at radius 3 is 3.00 bits per heavy atom.